The van der Waals surface area contributed by atoms with Gasteiger partial charge >= 0.3 is 0 Å². The molecule has 28 heavy (non-hydrogen) atoms. The second kappa shape index (κ2) is 9.09. The van der Waals surface area contributed by atoms with Crippen LogP contribution in [0, 0.1) is 5.92 Å². The summed E-state index contributed by atoms with van der Waals surface area (Å²) in [6.45, 7) is 11.1. The van der Waals surface area contributed by atoms with Crippen molar-refractivity contribution in [2.24, 2.45) is 13.0 Å². The van der Waals surface area contributed by atoms with E-state index >= 15 is 0 Å². The number of aryl methyl sites for hydroxylation is 1. The zero-order valence-electron chi connectivity index (χ0n) is 17.2. The Balaban J connectivity index is 1.61. The topological polar surface area (TPSA) is 53.4 Å². The summed E-state index contributed by atoms with van der Waals surface area (Å²) in [6.07, 6.45) is 4.88. The molecule has 1 atom stereocenters. The molecule has 3 heterocycles. The van der Waals surface area contributed by atoms with Gasteiger partial charge in [-0.05, 0) is 53.4 Å². The number of nitrogens with one attached hydrogen (secondary N) is 1. The minimum atomic E-state index is -0.0827. The molecule has 3 rings (SSSR count). The molecule has 1 N–H and O–H groups in total. The van der Waals surface area contributed by atoms with Gasteiger partial charge in [0, 0.05) is 49.9 Å². The lowest BCUT2D eigenvalue weighted by molar-refractivity contribution is 0.176. The molecule has 0 saturated carbocycles. The number of rotatable bonds is 6. The van der Waals surface area contributed by atoms with E-state index in [1.54, 1.807) is 23.9 Å². The Morgan fingerprint density at radius 2 is 1.89 bits per heavy atom. The standard InChI is InChI=1S/C21H30BrN5O/c1-15(2)11-16(3)26-7-9-27(10-8-26)18-5-6-20(23-13-18)24-19-12-17(22)14-25(4)21(19)28/h5-6,12-16H,7-11H2,1-4H3,(H,23,24). The van der Waals surface area contributed by atoms with Crippen LogP contribution < -0.4 is 15.8 Å². The summed E-state index contributed by atoms with van der Waals surface area (Å²) >= 11 is 3.42. The van der Waals surface area contributed by atoms with Crippen molar-refractivity contribution in [3.8, 4) is 0 Å². The molecule has 0 bridgehead atoms. The second-order valence-electron chi connectivity index (χ2n) is 8.02. The van der Waals surface area contributed by atoms with Crippen LogP contribution in [0.3, 0.4) is 0 Å². The molecule has 7 heteroatoms. The third-order valence-corrected chi connectivity index (χ3v) is 5.71. The number of hydrogen-bond acceptors (Lipinski definition) is 5. The van der Waals surface area contributed by atoms with Crippen molar-refractivity contribution in [1.82, 2.24) is 14.5 Å². The van der Waals surface area contributed by atoms with E-state index in [0.29, 0.717) is 17.5 Å². The molecule has 0 amide bonds. The fourth-order valence-corrected chi connectivity index (χ4v) is 4.33. The molecule has 6 nitrogen and oxygen atoms in total. The Hall–Kier alpha value is -1.86. The molecule has 0 aromatic carbocycles. The van der Waals surface area contributed by atoms with E-state index in [9.17, 15) is 4.79 Å². The van der Waals surface area contributed by atoms with Crippen LogP contribution >= 0.6 is 15.9 Å². The van der Waals surface area contributed by atoms with Crippen LogP contribution in [0.5, 0.6) is 0 Å². The van der Waals surface area contributed by atoms with Crippen molar-refractivity contribution < 1.29 is 0 Å². The van der Waals surface area contributed by atoms with Crippen molar-refractivity contribution in [3.05, 3.63) is 45.4 Å². The van der Waals surface area contributed by atoms with Gasteiger partial charge in [0.1, 0.15) is 11.5 Å². The first kappa shape index (κ1) is 20.9. The molecule has 2 aromatic heterocycles. The quantitative estimate of drug-likeness (QED) is 0.728. The Bertz CT molecular complexity index is 841. The number of piperazine rings is 1. The maximum Gasteiger partial charge on any atom is 0.274 e. The fraction of sp³-hybridized carbons (Fsp3) is 0.524. The highest BCUT2D eigenvalue weighted by Crippen LogP contribution is 2.21. The van der Waals surface area contributed by atoms with Gasteiger partial charge in [0.15, 0.2) is 0 Å². The molecule has 0 radical (unpaired) electrons. The third-order valence-electron chi connectivity index (χ3n) is 5.28. The van der Waals surface area contributed by atoms with Crippen molar-refractivity contribution >= 4 is 33.1 Å². The Morgan fingerprint density at radius 3 is 2.50 bits per heavy atom. The minimum absolute atomic E-state index is 0.0827. The molecule has 1 unspecified atom stereocenters. The SMILES string of the molecule is CC(C)CC(C)N1CCN(c2ccc(Nc3cc(Br)cn(C)c3=O)nc2)CC1. The van der Waals surface area contributed by atoms with Crippen LogP contribution in [0.2, 0.25) is 0 Å². The molecule has 152 valence electrons. The van der Waals surface area contributed by atoms with Gasteiger partial charge in [-0.15, -0.1) is 0 Å². The molecule has 1 saturated heterocycles. The lowest BCUT2D eigenvalue weighted by Gasteiger charge is -2.39. The Labute approximate surface area is 175 Å². The van der Waals surface area contributed by atoms with E-state index in [1.807, 2.05) is 12.3 Å². The van der Waals surface area contributed by atoms with Crippen molar-refractivity contribution in [2.45, 2.75) is 33.2 Å². The summed E-state index contributed by atoms with van der Waals surface area (Å²) in [5, 5.41) is 3.12. The average molecular weight is 448 g/mol. The molecule has 1 aliphatic heterocycles. The number of hydrogen-bond donors (Lipinski definition) is 1. The molecule has 0 aliphatic carbocycles. The maximum atomic E-state index is 12.2. The first-order valence-corrected chi connectivity index (χ1v) is 10.7. The first-order chi connectivity index (χ1) is 13.3. The van der Waals surface area contributed by atoms with Gasteiger partial charge in [-0.3, -0.25) is 9.69 Å². The Kier molecular flexibility index (Phi) is 6.78. The lowest BCUT2D eigenvalue weighted by atomic mass is 10.0. The number of halogens is 1. The van der Waals surface area contributed by atoms with Crippen LogP contribution in [-0.4, -0.2) is 46.7 Å². The van der Waals surface area contributed by atoms with Gasteiger partial charge in [0.05, 0.1) is 11.9 Å². The zero-order chi connectivity index (χ0) is 20.3. The van der Waals surface area contributed by atoms with Gasteiger partial charge in [-0.2, -0.15) is 0 Å². The second-order valence-corrected chi connectivity index (χ2v) is 8.93. The highest BCUT2D eigenvalue weighted by atomic mass is 79.9. The molecular weight excluding hydrogens is 418 g/mol. The number of nitrogens with zero attached hydrogens (tertiary/aromatic N) is 4. The minimum Gasteiger partial charge on any atom is -0.368 e. The molecule has 0 spiro atoms. The molecule has 1 fully saturated rings. The largest absolute Gasteiger partial charge is 0.368 e. The van der Waals surface area contributed by atoms with E-state index in [0.717, 1.165) is 42.3 Å². The van der Waals surface area contributed by atoms with Crippen molar-refractivity contribution in [1.29, 1.82) is 0 Å². The predicted octanol–water partition coefficient (Wildman–Crippen LogP) is 3.84. The summed E-state index contributed by atoms with van der Waals surface area (Å²) in [5.74, 6) is 1.41. The van der Waals surface area contributed by atoms with Gasteiger partial charge < -0.3 is 14.8 Å². The van der Waals surface area contributed by atoms with Gasteiger partial charge in [-0.25, -0.2) is 4.98 Å². The van der Waals surface area contributed by atoms with Gasteiger partial charge in [0.25, 0.3) is 5.56 Å². The lowest BCUT2D eigenvalue weighted by Crippen LogP contribution is -2.49. The summed E-state index contributed by atoms with van der Waals surface area (Å²) in [7, 11) is 1.73. The third kappa shape index (κ3) is 5.14. The summed E-state index contributed by atoms with van der Waals surface area (Å²) < 4.78 is 2.39. The van der Waals surface area contributed by atoms with E-state index in [1.165, 1.54) is 6.42 Å². The van der Waals surface area contributed by atoms with E-state index in [4.69, 9.17) is 0 Å². The predicted molar refractivity (Wildman–Crippen MR) is 120 cm³/mol. The number of anilines is 3. The van der Waals surface area contributed by atoms with E-state index < -0.39 is 0 Å². The normalized spacial score (nSPS) is 16.4. The van der Waals surface area contributed by atoms with Crippen LogP contribution in [-0.2, 0) is 7.05 Å². The monoisotopic (exact) mass is 447 g/mol. The smallest absolute Gasteiger partial charge is 0.274 e. The highest BCUT2D eigenvalue weighted by molar-refractivity contribution is 9.10. The number of aromatic nitrogens is 2. The van der Waals surface area contributed by atoms with Gasteiger partial charge in [-0.1, -0.05) is 13.8 Å². The van der Waals surface area contributed by atoms with Crippen molar-refractivity contribution in [2.75, 3.05) is 36.4 Å². The maximum absolute atomic E-state index is 12.2. The van der Waals surface area contributed by atoms with Crippen LogP contribution in [0.25, 0.3) is 0 Å². The summed E-state index contributed by atoms with van der Waals surface area (Å²) in [5.41, 5.74) is 1.55. The van der Waals surface area contributed by atoms with Gasteiger partial charge in [0.2, 0.25) is 0 Å². The first-order valence-electron chi connectivity index (χ1n) is 9.91. The average Bonchev–Trinajstić information content (AvgIpc) is 2.66. The molecule has 1 aliphatic rings. The molecular formula is C21H30BrN5O. The fourth-order valence-electron chi connectivity index (χ4n) is 3.80. The zero-order valence-corrected chi connectivity index (χ0v) is 18.7. The van der Waals surface area contributed by atoms with Crippen LogP contribution in [0.1, 0.15) is 27.2 Å². The number of pyridine rings is 2. The molecule has 2 aromatic rings. The summed E-state index contributed by atoms with van der Waals surface area (Å²) in [4.78, 5) is 21.7. The van der Waals surface area contributed by atoms with Crippen LogP contribution in [0.4, 0.5) is 17.2 Å². The Morgan fingerprint density at radius 1 is 1.18 bits per heavy atom. The van der Waals surface area contributed by atoms with E-state index in [2.05, 4.69) is 62.9 Å². The van der Waals surface area contributed by atoms with Crippen LogP contribution in [0.15, 0.2) is 39.9 Å². The van der Waals surface area contributed by atoms with E-state index in [-0.39, 0.29) is 5.56 Å². The highest BCUT2D eigenvalue weighted by Gasteiger charge is 2.22. The van der Waals surface area contributed by atoms with Crippen molar-refractivity contribution in [3.63, 3.8) is 0 Å². The summed E-state index contributed by atoms with van der Waals surface area (Å²) in [6, 6.07) is 6.42.